The smallest absolute Gasteiger partial charge is 0.335 e. The topological polar surface area (TPSA) is 107 Å². The van der Waals surface area contributed by atoms with Gasteiger partial charge in [0.05, 0.1) is 17.9 Å². The molecule has 0 aliphatic carbocycles. The maximum Gasteiger partial charge on any atom is 0.335 e. The molecule has 0 spiro atoms. The molecule has 0 unspecified atom stereocenters. The highest BCUT2D eigenvalue weighted by molar-refractivity contribution is 5.85. The number of aromatic nitrogens is 3. The number of para-hydroxylation sites is 1. The fourth-order valence-corrected chi connectivity index (χ4v) is 4.53. The molecule has 3 heterocycles. The van der Waals surface area contributed by atoms with Gasteiger partial charge in [-0.25, -0.2) is 9.36 Å². The van der Waals surface area contributed by atoms with Crippen LogP contribution in [0.3, 0.4) is 0 Å². The van der Waals surface area contributed by atoms with Crippen molar-refractivity contribution in [3.63, 3.8) is 0 Å². The van der Waals surface area contributed by atoms with E-state index >= 15 is 0 Å². The molecule has 4 aromatic rings. The van der Waals surface area contributed by atoms with Crippen molar-refractivity contribution < 1.29 is 10.4 Å². The van der Waals surface area contributed by atoms with Crippen LogP contribution in [0.15, 0.2) is 52.1 Å². The summed E-state index contributed by atoms with van der Waals surface area (Å²) in [5.41, 5.74) is 4.37. The Morgan fingerprint density at radius 3 is 2.73 bits per heavy atom. The van der Waals surface area contributed by atoms with Crippen molar-refractivity contribution >= 4 is 10.9 Å². The van der Waals surface area contributed by atoms with Gasteiger partial charge in [0.1, 0.15) is 5.56 Å². The summed E-state index contributed by atoms with van der Waals surface area (Å²) in [6, 6.07) is 13.3. The monoisotopic (exact) mass is 403 g/mol. The van der Waals surface area contributed by atoms with E-state index in [1.54, 1.807) is 0 Å². The van der Waals surface area contributed by atoms with Crippen LogP contribution >= 0.6 is 0 Å². The number of quaternary nitrogens is 1. The highest BCUT2D eigenvalue weighted by atomic mass is 16.3. The van der Waals surface area contributed by atoms with E-state index in [1.807, 2.05) is 55.6 Å². The van der Waals surface area contributed by atoms with Gasteiger partial charge in [-0.1, -0.05) is 30.3 Å². The van der Waals surface area contributed by atoms with E-state index in [9.17, 15) is 14.7 Å². The minimum atomic E-state index is -0.650. The number of aryl methyl sites for hydroxylation is 2. The van der Waals surface area contributed by atoms with Crippen LogP contribution in [0.1, 0.15) is 34.0 Å². The minimum Gasteiger partial charge on any atom is -0.494 e. The van der Waals surface area contributed by atoms with Crippen molar-refractivity contribution in [2.75, 3.05) is 6.54 Å². The van der Waals surface area contributed by atoms with Crippen molar-refractivity contribution in [2.24, 2.45) is 0 Å². The first-order chi connectivity index (χ1) is 14.5. The molecule has 0 saturated carbocycles. The number of hydrogen-bond donors (Lipinski definition) is 4. The Kier molecular flexibility index (Phi) is 4.15. The van der Waals surface area contributed by atoms with Crippen molar-refractivity contribution in [3.05, 3.63) is 91.3 Å². The maximum atomic E-state index is 12.9. The van der Waals surface area contributed by atoms with Crippen LogP contribution in [0.2, 0.25) is 0 Å². The molecule has 152 valence electrons. The van der Waals surface area contributed by atoms with Gasteiger partial charge >= 0.3 is 5.69 Å². The fraction of sp³-hybridized carbons (Fsp3) is 0.217. The van der Waals surface area contributed by atoms with E-state index in [0.29, 0.717) is 5.69 Å². The average molecular weight is 403 g/mol. The molecule has 1 aliphatic rings. The minimum absolute atomic E-state index is 0.183. The van der Waals surface area contributed by atoms with Crippen LogP contribution in [0.5, 0.6) is 5.88 Å². The highest BCUT2D eigenvalue weighted by Crippen LogP contribution is 2.32. The summed E-state index contributed by atoms with van der Waals surface area (Å²) in [7, 11) is 0. The Hall–Kier alpha value is -3.58. The third kappa shape index (κ3) is 2.70. The molecule has 0 radical (unpaired) electrons. The first-order valence-electron chi connectivity index (χ1n) is 10.0. The third-order valence-electron chi connectivity index (χ3n) is 5.99. The summed E-state index contributed by atoms with van der Waals surface area (Å²) >= 11 is 0. The molecule has 0 bridgehead atoms. The lowest BCUT2D eigenvalue weighted by Crippen LogP contribution is -2.87. The molecule has 0 saturated heterocycles. The summed E-state index contributed by atoms with van der Waals surface area (Å²) in [5.74, 6) is -0.315. The molecular weight excluding hydrogens is 380 g/mol. The van der Waals surface area contributed by atoms with Gasteiger partial charge in [-0.2, -0.15) is 0 Å². The Bertz CT molecular complexity index is 1410. The normalized spacial score (nSPS) is 16.0. The summed E-state index contributed by atoms with van der Waals surface area (Å²) in [6.07, 6.45) is 0.866. The number of nitrogens with zero attached hydrogens (tertiary/aromatic N) is 1. The van der Waals surface area contributed by atoms with Crippen molar-refractivity contribution in [1.29, 1.82) is 0 Å². The number of H-pyrrole nitrogens is 2. The van der Waals surface area contributed by atoms with Gasteiger partial charge in [0.25, 0.3) is 5.56 Å². The van der Waals surface area contributed by atoms with Gasteiger partial charge in [-0.15, -0.1) is 0 Å². The van der Waals surface area contributed by atoms with Crippen molar-refractivity contribution in [1.82, 2.24) is 14.5 Å². The molecule has 1 aliphatic heterocycles. The Balaban J connectivity index is 1.77. The van der Waals surface area contributed by atoms with Crippen LogP contribution in [0, 0.1) is 13.8 Å². The molecule has 5 N–H and O–H groups in total. The standard InChI is InChI=1S/C23H22N4O3/c1-12-7-8-13(2)17(11-12)27-22(29)18(21(28)26-23(27)30)20-19-15(9-10-24-20)14-5-3-4-6-16(14)25-19/h3-8,11,20,24-25,29H,9-10H2,1-2H3,(H,26,28,30)/p+1/t20-/m0/s1. The number of aromatic hydroxyl groups is 1. The summed E-state index contributed by atoms with van der Waals surface area (Å²) in [6.45, 7) is 4.57. The van der Waals surface area contributed by atoms with Crippen LogP contribution < -0.4 is 16.6 Å². The molecule has 30 heavy (non-hydrogen) atoms. The number of aromatic amines is 2. The lowest BCUT2D eigenvalue weighted by Gasteiger charge is -2.22. The first-order valence-corrected chi connectivity index (χ1v) is 10.0. The lowest BCUT2D eigenvalue weighted by molar-refractivity contribution is -0.690. The zero-order chi connectivity index (χ0) is 21.0. The number of hydrogen-bond acceptors (Lipinski definition) is 3. The van der Waals surface area contributed by atoms with E-state index in [0.717, 1.165) is 46.3 Å². The van der Waals surface area contributed by atoms with Gasteiger partial charge in [0.2, 0.25) is 5.88 Å². The van der Waals surface area contributed by atoms with Gasteiger partial charge in [-0.3, -0.25) is 9.78 Å². The van der Waals surface area contributed by atoms with E-state index in [4.69, 9.17) is 0 Å². The second kappa shape index (κ2) is 6.74. The lowest BCUT2D eigenvalue weighted by atomic mass is 9.95. The highest BCUT2D eigenvalue weighted by Gasteiger charge is 2.34. The molecule has 5 rings (SSSR count). The molecule has 7 heteroatoms. The molecule has 0 amide bonds. The van der Waals surface area contributed by atoms with E-state index in [-0.39, 0.29) is 11.4 Å². The predicted octanol–water partition coefficient (Wildman–Crippen LogP) is 1.54. The molecular formula is C23H23N4O3+. The zero-order valence-electron chi connectivity index (χ0n) is 16.8. The molecule has 2 aromatic carbocycles. The number of nitrogens with one attached hydrogen (secondary N) is 2. The summed E-state index contributed by atoms with van der Waals surface area (Å²) in [4.78, 5) is 31.4. The van der Waals surface area contributed by atoms with E-state index in [1.165, 1.54) is 4.57 Å². The van der Waals surface area contributed by atoms with Crippen molar-refractivity contribution in [3.8, 4) is 11.6 Å². The first kappa shape index (κ1) is 18.4. The number of benzene rings is 2. The predicted molar refractivity (Wildman–Crippen MR) is 114 cm³/mol. The largest absolute Gasteiger partial charge is 0.494 e. The zero-order valence-corrected chi connectivity index (χ0v) is 16.8. The maximum absolute atomic E-state index is 12.9. The molecule has 1 atom stereocenters. The van der Waals surface area contributed by atoms with Crippen LogP contribution in [0.4, 0.5) is 0 Å². The average Bonchev–Trinajstić information content (AvgIpc) is 3.10. The van der Waals surface area contributed by atoms with Gasteiger partial charge in [0.15, 0.2) is 6.04 Å². The number of fused-ring (bicyclic) bond motifs is 3. The summed E-state index contributed by atoms with van der Waals surface area (Å²) < 4.78 is 1.20. The van der Waals surface area contributed by atoms with Gasteiger partial charge in [-0.05, 0) is 42.7 Å². The van der Waals surface area contributed by atoms with Gasteiger partial charge < -0.3 is 15.4 Å². The quantitative estimate of drug-likeness (QED) is 0.408. The summed E-state index contributed by atoms with van der Waals surface area (Å²) in [5, 5.41) is 14.3. The Morgan fingerprint density at radius 1 is 1.10 bits per heavy atom. The molecule has 7 nitrogen and oxygen atoms in total. The SMILES string of the molecule is Cc1ccc(C)c(-n2c(O)c([C@@H]3[NH2+]CCc4c3[nH]c3ccccc43)c(=O)[nH]c2=O)c1. The van der Waals surface area contributed by atoms with Crippen LogP contribution in [0.25, 0.3) is 16.6 Å². The van der Waals surface area contributed by atoms with E-state index in [2.05, 4.69) is 16.0 Å². The Labute approximate surface area is 172 Å². The fourth-order valence-electron chi connectivity index (χ4n) is 4.53. The van der Waals surface area contributed by atoms with Crippen LogP contribution in [-0.2, 0) is 6.42 Å². The second-order valence-electron chi connectivity index (χ2n) is 7.94. The second-order valence-corrected chi connectivity index (χ2v) is 7.94. The van der Waals surface area contributed by atoms with Crippen molar-refractivity contribution in [2.45, 2.75) is 26.3 Å². The molecule has 0 fully saturated rings. The van der Waals surface area contributed by atoms with E-state index < -0.39 is 17.3 Å². The van der Waals surface area contributed by atoms with Gasteiger partial charge in [0, 0.05) is 17.3 Å². The Morgan fingerprint density at radius 2 is 1.90 bits per heavy atom. The number of rotatable bonds is 2. The third-order valence-corrected chi connectivity index (χ3v) is 5.99. The molecule has 2 aromatic heterocycles. The number of nitrogens with two attached hydrogens (primary N) is 1. The van der Waals surface area contributed by atoms with Crippen LogP contribution in [-0.4, -0.2) is 26.2 Å².